The van der Waals surface area contributed by atoms with Crippen LogP contribution in [-0.2, 0) is 6.54 Å². The molecule has 2 aromatic carbocycles. The van der Waals surface area contributed by atoms with Crippen LogP contribution in [0.25, 0.3) is 0 Å². The Bertz CT molecular complexity index is 534. The lowest BCUT2D eigenvalue weighted by Crippen LogP contribution is -2.00. The maximum atomic E-state index is 13.6. The Balaban J connectivity index is 2.31. The maximum Gasteiger partial charge on any atom is 0.198 e. The summed E-state index contributed by atoms with van der Waals surface area (Å²) in [6, 6.07) is 8.49. The number of benzene rings is 2. The van der Waals surface area contributed by atoms with Crippen molar-refractivity contribution < 1.29 is 13.5 Å². The molecule has 0 aliphatic rings. The Hall–Kier alpha value is -1.65. The summed E-state index contributed by atoms with van der Waals surface area (Å²) in [5, 5.41) is 0.516. The average molecular weight is 270 g/mol. The molecule has 0 radical (unpaired) electrons. The van der Waals surface area contributed by atoms with E-state index in [-0.39, 0.29) is 6.54 Å². The molecule has 2 rings (SSSR count). The van der Waals surface area contributed by atoms with Crippen molar-refractivity contribution in [1.29, 1.82) is 0 Å². The van der Waals surface area contributed by atoms with E-state index in [4.69, 9.17) is 22.1 Å². The molecular weight excluding hydrogens is 260 g/mol. The van der Waals surface area contributed by atoms with E-state index in [1.165, 1.54) is 12.1 Å². The van der Waals surface area contributed by atoms with E-state index in [1.54, 1.807) is 12.1 Å². The Labute approximate surface area is 108 Å². The molecule has 0 amide bonds. The molecule has 5 heteroatoms. The van der Waals surface area contributed by atoms with Crippen molar-refractivity contribution in [3.63, 3.8) is 0 Å². The molecule has 0 saturated carbocycles. The third-order valence-corrected chi connectivity index (χ3v) is 2.58. The van der Waals surface area contributed by atoms with E-state index in [0.717, 1.165) is 12.1 Å². The lowest BCUT2D eigenvalue weighted by atomic mass is 10.2. The van der Waals surface area contributed by atoms with Crippen molar-refractivity contribution in [2.24, 2.45) is 5.73 Å². The Morgan fingerprint density at radius 3 is 2.11 bits per heavy atom. The molecule has 2 nitrogen and oxygen atoms in total. The van der Waals surface area contributed by atoms with Gasteiger partial charge in [-0.15, -0.1) is 0 Å². The van der Waals surface area contributed by atoms with E-state index in [1.807, 2.05) is 0 Å². The van der Waals surface area contributed by atoms with E-state index in [0.29, 0.717) is 16.3 Å². The predicted octanol–water partition coefficient (Wildman–Crippen LogP) is 3.87. The highest BCUT2D eigenvalue weighted by Gasteiger charge is 2.13. The van der Waals surface area contributed by atoms with Gasteiger partial charge in [-0.25, -0.2) is 8.78 Å². The number of hydrogen-bond donors (Lipinski definition) is 1. The van der Waals surface area contributed by atoms with Crippen LogP contribution in [0.4, 0.5) is 8.78 Å². The molecule has 0 spiro atoms. The first-order valence-electron chi connectivity index (χ1n) is 5.21. The topological polar surface area (TPSA) is 35.2 Å². The largest absolute Gasteiger partial charge is 0.451 e. The molecule has 18 heavy (non-hydrogen) atoms. The molecule has 2 N–H and O–H groups in total. The minimum Gasteiger partial charge on any atom is -0.451 e. The zero-order valence-corrected chi connectivity index (χ0v) is 10.0. The predicted molar refractivity (Wildman–Crippen MR) is 65.8 cm³/mol. The van der Waals surface area contributed by atoms with Gasteiger partial charge in [0.25, 0.3) is 0 Å². The smallest absolute Gasteiger partial charge is 0.198 e. The van der Waals surface area contributed by atoms with Gasteiger partial charge in [0, 0.05) is 11.6 Å². The molecule has 0 aliphatic heterocycles. The molecule has 0 aliphatic carbocycles. The second-order valence-electron chi connectivity index (χ2n) is 3.65. The van der Waals surface area contributed by atoms with Gasteiger partial charge in [-0.1, -0.05) is 11.6 Å². The first-order chi connectivity index (χ1) is 8.60. The second kappa shape index (κ2) is 5.33. The van der Waals surface area contributed by atoms with Crippen LogP contribution >= 0.6 is 11.6 Å². The fourth-order valence-corrected chi connectivity index (χ4v) is 1.57. The van der Waals surface area contributed by atoms with Gasteiger partial charge >= 0.3 is 0 Å². The van der Waals surface area contributed by atoms with Crippen LogP contribution in [0.15, 0.2) is 36.4 Å². The number of ether oxygens (including phenoxy) is 1. The van der Waals surface area contributed by atoms with Crippen LogP contribution in [0, 0.1) is 11.6 Å². The Morgan fingerprint density at radius 1 is 1.06 bits per heavy atom. The van der Waals surface area contributed by atoms with Crippen molar-refractivity contribution in [1.82, 2.24) is 0 Å². The Kier molecular flexibility index (Phi) is 3.79. The van der Waals surface area contributed by atoms with Crippen molar-refractivity contribution in [3.05, 3.63) is 58.6 Å². The van der Waals surface area contributed by atoms with Gasteiger partial charge in [0.05, 0.1) is 0 Å². The fraction of sp³-hybridized carbons (Fsp3) is 0.0769. The zero-order chi connectivity index (χ0) is 13.1. The third kappa shape index (κ3) is 2.78. The zero-order valence-electron chi connectivity index (χ0n) is 9.29. The maximum absolute atomic E-state index is 13.6. The lowest BCUT2D eigenvalue weighted by Gasteiger charge is -2.09. The molecule has 0 heterocycles. The molecule has 0 atom stereocenters. The van der Waals surface area contributed by atoms with Crippen LogP contribution in [0.3, 0.4) is 0 Å². The fourth-order valence-electron chi connectivity index (χ4n) is 1.45. The highest BCUT2D eigenvalue weighted by atomic mass is 35.5. The second-order valence-corrected chi connectivity index (χ2v) is 4.09. The Morgan fingerprint density at radius 2 is 1.61 bits per heavy atom. The van der Waals surface area contributed by atoms with Gasteiger partial charge in [-0.3, -0.25) is 0 Å². The van der Waals surface area contributed by atoms with Gasteiger partial charge in [0.15, 0.2) is 17.4 Å². The van der Waals surface area contributed by atoms with Gasteiger partial charge in [0.1, 0.15) is 5.75 Å². The van der Waals surface area contributed by atoms with Crippen molar-refractivity contribution >= 4 is 11.6 Å². The summed E-state index contributed by atoms with van der Waals surface area (Å²) in [6.07, 6.45) is 0. The molecule has 0 saturated heterocycles. The van der Waals surface area contributed by atoms with Gasteiger partial charge < -0.3 is 10.5 Å². The number of nitrogens with two attached hydrogens (primary N) is 1. The van der Waals surface area contributed by atoms with Crippen molar-refractivity contribution in [2.75, 3.05) is 0 Å². The number of hydrogen-bond acceptors (Lipinski definition) is 2. The van der Waals surface area contributed by atoms with Gasteiger partial charge in [0.2, 0.25) is 0 Å². The minimum atomic E-state index is -0.787. The van der Waals surface area contributed by atoms with E-state index >= 15 is 0 Å². The van der Waals surface area contributed by atoms with Crippen molar-refractivity contribution in [3.8, 4) is 11.5 Å². The molecule has 0 unspecified atom stereocenters. The first kappa shape index (κ1) is 12.8. The van der Waals surface area contributed by atoms with Crippen LogP contribution in [0.2, 0.25) is 5.02 Å². The SMILES string of the molecule is NCc1cc(F)c(Oc2ccc(Cl)cc2)c(F)c1. The first-order valence-corrected chi connectivity index (χ1v) is 5.59. The normalized spacial score (nSPS) is 10.4. The molecule has 0 fully saturated rings. The summed E-state index contributed by atoms with van der Waals surface area (Å²) in [6.45, 7) is 0.0645. The molecule has 94 valence electrons. The van der Waals surface area contributed by atoms with Crippen LogP contribution < -0.4 is 10.5 Å². The van der Waals surface area contributed by atoms with Gasteiger partial charge in [-0.05, 0) is 42.0 Å². The van der Waals surface area contributed by atoms with E-state index in [9.17, 15) is 8.78 Å². The molecule has 2 aromatic rings. The van der Waals surface area contributed by atoms with Crippen LogP contribution in [0.5, 0.6) is 11.5 Å². The number of rotatable bonds is 3. The van der Waals surface area contributed by atoms with Crippen LogP contribution in [-0.4, -0.2) is 0 Å². The molecular formula is C13H10ClF2NO. The van der Waals surface area contributed by atoms with Gasteiger partial charge in [-0.2, -0.15) is 0 Å². The quantitative estimate of drug-likeness (QED) is 0.918. The highest BCUT2D eigenvalue weighted by molar-refractivity contribution is 6.30. The number of halogens is 3. The summed E-state index contributed by atoms with van der Waals surface area (Å²) in [7, 11) is 0. The third-order valence-electron chi connectivity index (χ3n) is 2.33. The standard InChI is InChI=1S/C13H10ClF2NO/c14-9-1-3-10(4-2-9)18-13-11(15)5-8(7-17)6-12(13)16/h1-6H,7,17H2. The summed E-state index contributed by atoms with van der Waals surface area (Å²) < 4.78 is 32.4. The van der Waals surface area contributed by atoms with Crippen LogP contribution in [0.1, 0.15) is 5.56 Å². The average Bonchev–Trinajstić information content (AvgIpc) is 2.35. The monoisotopic (exact) mass is 269 g/mol. The lowest BCUT2D eigenvalue weighted by molar-refractivity contribution is 0.406. The minimum absolute atomic E-state index is 0.0645. The van der Waals surface area contributed by atoms with Crippen molar-refractivity contribution in [2.45, 2.75) is 6.54 Å². The molecule has 0 aromatic heterocycles. The van der Waals surface area contributed by atoms with E-state index < -0.39 is 17.4 Å². The summed E-state index contributed by atoms with van der Waals surface area (Å²) in [5.74, 6) is -1.72. The van der Waals surface area contributed by atoms with E-state index in [2.05, 4.69) is 0 Å². The summed E-state index contributed by atoms with van der Waals surface area (Å²) >= 11 is 5.70. The molecule has 0 bridgehead atoms. The highest BCUT2D eigenvalue weighted by Crippen LogP contribution is 2.29. The summed E-state index contributed by atoms with van der Waals surface area (Å²) in [5.41, 5.74) is 5.69. The summed E-state index contributed by atoms with van der Waals surface area (Å²) in [4.78, 5) is 0.